The standard InChI is InChI=1S/C14H15NOS2/c1-9-14(18-7-6-17-9)13(16)11-8-15-12-5-3-2-4-10(11)12/h2-5,8-9,14-15H,6-7H2,1H3. The average Bonchev–Trinajstić information content (AvgIpc) is 2.82. The van der Waals surface area contributed by atoms with E-state index < -0.39 is 0 Å². The third-order valence-electron chi connectivity index (χ3n) is 3.30. The van der Waals surface area contributed by atoms with Crippen molar-refractivity contribution in [2.45, 2.75) is 17.4 Å². The average molecular weight is 277 g/mol. The summed E-state index contributed by atoms with van der Waals surface area (Å²) in [5.74, 6) is 2.51. The maximum atomic E-state index is 12.6. The van der Waals surface area contributed by atoms with Gasteiger partial charge < -0.3 is 4.98 Å². The topological polar surface area (TPSA) is 32.9 Å². The van der Waals surface area contributed by atoms with Gasteiger partial charge in [-0.1, -0.05) is 25.1 Å². The van der Waals surface area contributed by atoms with Gasteiger partial charge in [0.05, 0.1) is 5.25 Å². The number of H-pyrrole nitrogens is 1. The predicted octanol–water partition coefficient (Wildman–Crippen LogP) is 3.59. The predicted molar refractivity (Wildman–Crippen MR) is 80.8 cm³/mol. The zero-order valence-electron chi connectivity index (χ0n) is 10.2. The Morgan fingerprint density at radius 3 is 2.89 bits per heavy atom. The van der Waals surface area contributed by atoms with E-state index in [1.807, 2.05) is 42.2 Å². The van der Waals surface area contributed by atoms with Gasteiger partial charge in [-0.2, -0.15) is 11.8 Å². The van der Waals surface area contributed by atoms with Crippen molar-refractivity contribution in [3.63, 3.8) is 0 Å². The van der Waals surface area contributed by atoms with Gasteiger partial charge in [0.1, 0.15) is 0 Å². The Hall–Kier alpha value is -0.870. The SMILES string of the molecule is CC1SCCSC1C(=O)c1c[nH]c2ccccc12. The van der Waals surface area contributed by atoms with Crippen molar-refractivity contribution >= 4 is 40.2 Å². The lowest BCUT2D eigenvalue weighted by molar-refractivity contribution is 0.0991. The summed E-state index contributed by atoms with van der Waals surface area (Å²) in [4.78, 5) is 15.8. The number of nitrogens with one attached hydrogen (secondary N) is 1. The summed E-state index contributed by atoms with van der Waals surface area (Å²) >= 11 is 3.71. The van der Waals surface area contributed by atoms with Crippen molar-refractivity contribution in [3.05, 3.63) is 36.0 Å². The fraction of sp³-hybridized carbons (Fsp3) is 0.357. The molecule has 1 fully saturated rings. The molecule has 0 spiro atoms. The van der Waals surface area contributed by atoms with E-state index >= 15 is 0 Å². The van der Waals surface area contributed by atoms with Crippen LogP contribution in [0.15, 0.2) is 30.5 Å². The fourth-order valence-corrected chi connectivity index (χ4v) is 5.06. The number of hydrogen-bond donors (Lipinski definition) is 1. The second-order valence-electron chi connectivity index (χ2n) is 4.48. The van der Waals surface area contributed by atoms with Crippen LogP contribution in [0.1, 0.15) is 17.3 Å². The molecule has 0 bridgehead atoms. The van der Waals surface area contributed by atoms with E-state index in [0.29, 0.717) is 5.25 Å². The first-order valence-corrected chi connectivity index (χ1v) is 8.20. The zero-order valence-corrected chi connectivity index (χ0v) is 11.8. The molecule has 3 rings (SSSR count). The number of fused-ring (bicyclic) bond motifs is 1. The summed E-state index contributed by atoms with van der Waals surface area (Å²) in [7, 11) is 0. The van der Waals surface area contributed by atoms with Crippen LogP contribution in [-0.4, -0.2) is 32.8 Å². The summed E-state index contributed by atoms with van der Waals surface area (Å²) in [6.45, 7) is 2.16. The van der Waals surface area contributed by atoms with Crippen molar-refractivity contribution in [2.24, 2.45) is 0 Å². The molecule has 0 aliphatic carbocycles. The maximum Gasteiger partial charge on any atom is 0.179 e. The number of carbonyl (C=O) groups excluding carboxylic acids is 1. The van der Waals surface area contributed by atoms with Crippen molar-refractivity contribution in [2.75, 3.05) is 11.5 Å². The summed E-state index contributed by atoms with van der Waals surface area (Å²) < 4.78 is 0. The van der Waals surface area contributed by atoms with E-state index in [4.69, 9.17) is 0 Å². The first kappa shape index (κ1) is 12.2. The molecule has 1 aliphatic rings. The molecule has 2 aromatic rings. The quantitative estimate of drug-likeness (QED) is 0.852. The molecule has 0 radical (unpaired) electrons. The van der Waals surface area contributed by atoms with Crippen molar-refractivity contribution in [1.82, 2.24) is 4.98 Å². The number of hydrogen-bond acceptors (Lipinski definition) is 3. The minimum absolute atomic E-state index is 0.1000. The highest BCUT2D eigenvalue weighted by molar-refractivity contribution is 8.07. The van der Waals surface area contributed by atoms with Gasteiger partial charge in [-0.3, -0.25) is 4.79 Å². The molecule has 2 unspecified atom stereocenters. The fourth-order valence-electron chi connectivity index (χ4n) is 2.35. The Morgan fingerprint density at radius 2 is 2.06 bits per heavy atom. The second-order valence-corrected chi connectivity index (χ2v) is 7.21. The van der Waals surface area contributed by atoms with Crippen LogP contribution in [0.2, 0.25) is 0 Å². The molecule has 94 valence electrons. The minimum atomic E-state index is 0.1000. The molecule has 2 atom stereocenters. The van der Waals surface area contributed by atoms with E-state index in [2.05, 4.69) is 11.9 Å². The number of aromatic amines is 1. The van der Waals surface area contributed by atoms with Crippen molar-refractivity contribution in [3.8, 4) is 0 Å². The van der Waals surface area contributed by atoms with Gasteiger partial charge in [0.2, 0.25) is 0 Å². The molecule has 0 saturated carbocycles. The highest BCUT2D eigenvalue weighted by Gasteiger charge is 2.30. The van der Waals surface area contributed by atoms with Crippen LogP contribution in [0.5, 0.6) is 0 Å². The Labute approximate surface area is 115 Å². The summed E-state index contributed by atoms with van der Waals surface area (Å²) in [6, 6.07) is 8.00. The van der Waals surface area contributed by atoms with E-state index in [1.54, 1.807) is 11.8 Å². The molecule has 18 heavy (non-hydrogen) atoms. The monoisotopic (exact) mass is 277 g/mol. The maximum absolute atomic E-state index is 12.6. The smallest absolute Gasteiger partial charge is 0.179 e. The van der Waals surface area contributed by atoms with E-state index in [9.17, 15) is 4.79 Å². The molecular formula is C14H15NOS2. The minimum Gasteiger partial charge on any atom is -0.360 e. The highest BCUT2D eigenvalue weighted by Crippen LogP contribution is 2.34. The number of Topliss-reactive ketones (excluding diaryl/α,β-unsaturated/α-hetero) is 1. The van der Waals surface area contributed by atoms with Gasteiger partial charge in [0.15, 0.2) is 5.78 Å². The molecule has 1 N–H and O–H groups in total. The van der Waals surface area contributed by atoms with Crippen LogP contribution in [0.25, 0.3) is 10.9 Å². The van der Waals surface area contributed by atoms with Crippen LogP contribution in [0, 0.1) is 0 Å². The van der Waals surface area contributed by atoms with Gasteiger partial charge in [-0.05, 0) is 6.07 Å². The lowest BCUT2D eigenvalue weighted by Crippen LogP contribution is -2.31. The number of benzene rings is 1. The summed E-state index contributed by atoms with van der Waals surface area (Å²) in [5, 5.41) is 1.55. The van der Waals surface area contributed by atoms with Gasteiger partial charge in [0, 0.05) is 39.4 Å². The van der Waals surface area contributed by atoms with Gasteiger partial charge in [-0.15, -0.1) is 11.8 Å². The number of rotatable bonds is 2. The number of para-hydroxylation sites is 1. The van der Waals surface area contributed by atoms with Crippen LogP contribution in [-0.2, 0) is 0 Å². The Balaban J connectivity index is 1.96. The molecule has 1 aliphatic heterocycles. The second kappa shape index (κ2) is 5.02. The molecular weight excluding hydrogens is 262 g/mol. The van der Waals surface area contributed by atoms with E-state index in [0.717, 1.165) is 28.0 Å². The molecule has 1 saturated heterocycles. The van der Waals surface area contributed by atoms with Crippen LogP contribution >= 0.6 is 23.5 Å². The normalized spacial score (nSPS) is 24.3. The summed E-state index contributed by atoms with van der Waals surface area (Å²) in [5.41, 5.74) is 1.89. The first-order valence-electron chi connectivity index (χ1n) is 6.11. The molecule has 1 aromatic heterocycles. The van der Waals surface area contributed by atoms with E-state index in [-0.39, 0.29) is 11.0 Å². The molecule has 0 amide bonds. The van der Waals surface area contributed by atoms with Crippen molar-refractivity contribution < 1.29 is 4.79 Å². The highest BCUT2D eigenvalue weighted by atomic mass is 32.2. The third-order valence-corrected chi connectivity index (χ3v) is 6.39. The van der Waals surface area contributed by atoms with Crippen LogP contribution < -0.4 is 0 Å². The third kappa shape index (κ3) is 2.08. The van der Waals surface area contributed by atoms with E-state index in [1.165, 1.54) is 0 Å². The lowest BCUT2D eigenvalue weighted by atomic mass is 10.1. The number of carbonyl (C=O) groups is 1. The van der Waals surface area contributed by atoms with Gasteiger partial charge in [0.25, 0.3) is 0 Å². The number of ketones is 1. The summed E-state index contributed by atoms with van der Waals surface area (Å²) in [6.07, 6.45) is 1.86. The largest absolute Gasteiger partial charge is 0.360 e. The Morgan fingerprint density at radius 1 is 1.28 bits per heavy atom. The number of aromatic nitrogens is 1. The number of thioether (sulfide) groups is 2. The van der Waals surface area contributed by atoms with Gasteiger partial charge in [-0.25, -0.2) is 0 Å². The molecule has 2 nitrogen and oxygen atoms in total. The molecule has 2 heterocycles. The first-order chi connectivity index (χ1) is 8.77. The lowest BCUT2D eigenvalue weighted by Gasteiger charge is -2.26. The molecule has 4 heteroatoms. The van der Waals surface area contributed by atoms with Crippen LogP contribution in [0.3, 0.4) is 0 Å². The van der Waals surface area contributed by atoms with Crippen molar-refractivity contribution in [1.29, 1.82) is 0 Å². The Bertz CT molecular complexity index is 578. The van der Waals surface area contributed by atoms with Gasteiger partial charge >= 0.3 is 0 Å². The molecule has 1 aromatic carbocycles. The zero-order chi connectivity index (χ0) is 12.5. The Kier molecular flexibility index (Phi) is 3.39. The van der Waals surface area contributed by atoms with Crippen LogP contribution in [0.4, 0.5) is 0 Å².